The number of esters is 1. The smallest absolute Gasteiger partial charge is 0.365 e. The number of fused-ring (bicyclic) bond motifs is 4. The van der Waals surface area contributed by atoms with E-state index in [0.29, 0.717) is 22.0 Å². The van der Waals surface area contributed by atoms with Crippen molar-refractivity contribution < 1.29 is 14.6 Å². The zero-order valence-electron chi connectivity index (χ0n) is 13.8. The molecule has 0 saturated carbocycles. The van der Waals surface area contributed by atoms with Gasteiger partial charge in [-0.1, -0.05) is 30.3 Å². The van der Waals surface area contributed by atoms with Crippen LogP contribution in [-0.2, 0) is 15.3 Å². The first-order valence-electron chi connectivity index (χ1n) is 8.02. The minimum atomic E-state index is -2.22. The summed E-state index contributed by atoms with van der Waals surface area (Å²) < 4.78 is 6.12. The van der Waals surface area contributed by atoms with Gasteiger partial charge in [-0.2, -0.15) is 0 Å². The van der Waals surface area contributed by atoms with Crippen LogP contribution >= 0.6 is 0 Å². The lowest BCUT2D eigenvalue weighted by Crippen LogP contribution is -2.47. The van der Waals surface area contributed by atoms with Gasteiger partial charge in [0.05, 0.1) is 17.5 Å². The molecule has 6 nitrogen and oxygen atoms in total. The molecule has 0 bridgehead atoms. The Bertz CT molecular complexity index is 1090. The predicted molar refractivity (Wildman–Crippen MR) is 92.1 cm³/mol. The Morgan fingerprint density at radius 1 is 1.24 bits per heavy atom. The van der Waals surface area contributed by atoms with Crippen LogP contribution in [0.25, 0.3) is 22.3 Å². The van der Waals surface area contributed by atoms with Crippen LogP contribution in [0.5, 0.6) is 0 Å². The summed E-state index contributed by atoms with van der Waals surface area (Å²) in [6.45, 7) is 3.59. The number of aryl methyl sites for hydroxylation is 1. The molecule has 1 aromatic heterocycles. The lowest BCUT2D eigenvalue weighted by atomic mass is 9.97. The van der Waals surface area contributed by atoms with Crippen LogP contribution in [0.4, 0.5) is 0 Å². The first kappa shape index (κ1) is 15.5. The van der Waals surface area contributed by atoms with Crippen LogP contribution in [0.15, 0.2) is 47.3 Å². The van der Waals surface area contributed by atoms with Crippen LogP contribution in [0.2, 0.25) is 0 Å². The second-order valence-corrected chi connectivity index (χ2v) is 5.98. The second-order valence-electron chi connectivity index (χ2n) is 5.98. The Hall–Kier alpha value is -2.99. The topological polar surface area (TPSA) is 81.4 Å². The van der Waals surface area contributed by atoms with Crippen molar-refractivity contribution in [2.45, 2.75) is 19.6 Å². The Kier molecular flexibility index (Phi) is 3.27. The summed E-state index contributed by atoms with van der Waals surface area (Å²) in [4.78, 5) is 30.3. The highest BCUT2D eigenvalue weighted by Gasteiger charge is 2.51. The largest absolute Gasteiger partial charge is 0.462 e. The van der Waals surface area contributed by atoms with Crippen molar-refractivity contribution in [3.63, 3.8) is 0 Å². The molecule has 4 rings (SSSR count). The molecule has 0 spiro atoms. The summed E-state index contributed by atoms with van der Waals surface area (Å²) in [5.41, 5.74) is -0.478. The Morgan fingerprint density at radius 3 is 2.76 bits per heavy atom. The first-order chi connectivity index (χ1) is 12.0. The third-order valence-corrected chi connectivity index (χ3v) is 4.53. The van der Waals surface area contributed by atoms with E-state index in [-0.39, 0.29) is 12.4 Å². The number of hydrogen-bond acceptors (Lipinski definition) is 5. The highest BCUT2D eigenvalue weighted by Crippen LogP contribution is 2.42. The second kappa shape index (κ2) is 5.26. The number of para-hydroxylation sites is 1. The Morgan fingerprint density at radius 2 is 2.00 bits per heavy atom. The quantitative estimate of drug-likeness (QED) is 0.723. The van der Waals surface area contributed by atoms with Gasteiger partial charge >= 0.3 is 5.97 Å². The van der Waals surface area contributed by atoms with E-state index in [9.17, 15) is 14.7 Å². The average Bonchev–Trinajstić information content (AvgIpc) is 2.87. The number of hydrogen-bond donors (Lipinski definition) is 1. The van der Waals surface area contributed by atoms with Crippen LogP contribution in [0, 0.1) is 6.92 Å². The van der Waals surface area contributed by atoms with Crippen LogP contribution in [0.3, 0.4) is 0 Å². The monoisotopic (exact) mass is 336 g/mol. The Labute approximate surface area is 143 Å². The molecule has 0 fully saturated rings. The molecule has 6 heteroatoms. The summed E-state index contributed by atoms with van der Waals surface area (Å²) in [5, 5.41) is 11.6. The fourth-order valence-electron chi connectivity index (χ4n) is 3.41. The molecule has 1 atom stereocenters. The lowest BCUT2D eigenvalue weighted by molar-refractivity contribution is -0.169. The zero-order chi connectivity index (χ0) is 17.8. The molecule has 1 aliphatic rings. The van der Waals surface area contributed by atoms with Gasteiger partial charge in [-0.05, 0) is 31.5 Å². The molecule has 0 radical (unpaired) electrons. The van der Waals surface area contributed by atoms with Gasteiger partial charge < -0.3 is 9.84 Å². The standard InChI is InChI=1S/C19H16N2O4/c1-3-25-18(23)19(24)13-9-6-7-11(2)15(13)16-20-14-10-5-4-8-12(14)17(22)21(16)19/h4-10,24H,3H2,1-2H3/t19-/m0/s1. The number of ether oxygens (including phenoxy) is 1. The number of carbonyl (C=O) groups is 1. The van der Waals surface area contributed by atoms with Crippen molar-refractivity contribution in [3.05, 3.63) is 63.9 Å². The third-order valence-electron chi connectivity index (χ3n) is 4.53. The van der Waals surface area contributed by atoms with E-state index >= 15 is 0 Å². The van der Waals surface area contributed by atoms with Crippen molar-refractivity contribution in [1.82, 2.24) is 9.55 Å². The van der Waals surface area contributed by atoms with Crippen LogP contribution in [0.1, 0.15) is 18.1 Å². The molecule has 3 aromatic rings. The molecule has 1 N–H and O–H groups in total. The minimum absolute atomic E-state index is 0.0907. The van der Waals surface area contributed by atoms with E-state index in [0.717, 1.165) is 10.1 Å². The molecule has 0 unspecified atom stereocenters. The molecule has 0 saturated heterocycles. The van der Waals surface area contributed by atoms with Gasteiger partial charge in [0.15, 0.2) is 0 Å². The van der Waals surface area contributed by atoms with E-state index in [1.807, 2.05) is 13.0 Å². The zero-order valence-corrected chi connectivity index (χ0v) is 13.8. The van der Waals surface area contributed by atoms with Gasteiger partial charge in [-0.3, -0.25) is 4.79 Å². The SMILES string of the molecule is CCOC(=O)[C@@]1(O)c2cccc(C)c2-c2nc3ccccc3c(=O)n21. The van der Waals surface area contributed by atoms with Crippen molar-refractivity contribution in [2.75, 3.05) is 6.61 Å². The molecule has 1 aliphatic heterocycles. The van der Waals surface area contributed by atoms with Gasteiger partial charge in [-0.25, -0.2) is 14.3 Å². The lowest BCUT2D eigenvalue weighted by Gasteiger charge is -2.24. The van der Waals surface area contributed by atoms with E-state index in [1.54, 1.807) is 43.3 Å². The van der Waals surface area contributed by atoms with Gasteiger partial charge in [0.25, 0.3) is 11.3 Å². The van der Waals surface area contributed by atoms with Crippen LogP contribution in [-0.4, -0.2) is 27.2 Å². The number of aliphatic hydroxyl groups is 1. The fourth-order valence-corrected chi connectivity index (χ4v) is 3.41. The van der Waals surface area contributed by atoms with Crippen LogP contribution < -0.4 is 5.56 Å². The number of benzene rings is 2. The van der Waals surface area contributed by atoms with Crippen molar-refractivity contribution in [3.8, 4) is 11.4 Å². The average molecular weight is 336 g/mol. The summed E-state index contributed by atoms with van der Waals surface area (Å²) in [5.74, 6) is -0.618. The molecule has 25 heavy (non-hydrogen) atoms. The first-order valence-corrected chi connectivity index (χ1v) is 8.02. The number of aromatic nitrogens is 2. The van der Waals surface area contributed by atoms with Gasteiger partial charge in [0.2, 0.25) is 0 Å². The van der Waals surface area contributed by atoms with Gasteiger partial charge in [-0.15, -0.1) is 0 Å². The summed E-state index contributed by atoms with van der Waals surface area (Å²) in [6, 6.07) is 12.1. The number of nitrogens with zero attached hydrogens (tertiary/aromatic N) is 2. The highest BCUT2D eigenvalue weighted by atomic mass is 16.6. The molecule has 2 aromatic carbocycles. The number of rotatable bonds is 2. The summed E-state index contributed by atoms with van der Waals surface area (Å²) >= 11 is 0. The molecule has 0 amide bonds. The van der Waals surface area contributed by atoms with Crippen molar-refractivity contribution in [1.29, 1.82) is 0 Å². The highest BCUT2D eigenvalue weighted by molar-refractivity contribution is 5.91. The van der Waals surface area contributed by atoms with Gasteiger partial charge in [0, 0.05) is 11.1 Å². The molecule has 2 heterocycles. The fraction of sp³-hybridized carbons (Fsp3) is 0.211. The maximum Gasteiger partial charge on any atom is 0.365 e. The van der Waals surface area contributed by atoms with E-state index in [1.165, 1.54) is 0 Å². The van der Waals surface area contributed by atoms with Crippen molar-refractivity contribution >= 4 is 16.9 Å². The normalized spacial score (nSPS) is 18.0. The Balaban J connectivity index is 2.18. The third kappa shape index (κ3) is 1.91. The maximum absolute atomic E-state index is 13.1. The number of carbonyl (C=O) groups excluding carboxylic acids is 1. The minimum Gasteiger partial charge on any atom is -0.462 e. The molecular weight excluding hydrogens is 320 g/mol. The molecular formula is C19H16N2O4. The van der Waals surface area contributed by atoms with Gasteiger partial charge in [0.1, 0.15) is 5.82 Å². The van der Waals surface area contributed by atoms with E-state index in [4.69, 9.17) is 4.74 Å². The molecule has 126 valence electrons. The van der Waals surface area contributed by atoms with E-state index < -0.39 is 17.3 Å². The van der Waals surface area contributed by atoms with Crippen molar-refractivity contribution in [2.24, 2.45) is 0 Å². The summed E-state index contributed by atoms with van der Waals surface area (Å²) in [6.07, 6.45) is 0. The summed E-state index contributed by atoms with van der Waals surface area (Å²) in [7, 11) is 0. The van der Waals surface area contributed by atoms with E-state index in [2.05, 4.69) is 4.98 Å². The maximum atomic E-state index is 13.1. The predicted octanol–water partition coefficient (Wildman–Crippen LogP) is 1.94. The molecule has 0 aliphatic carbocycles.